The van der Waals surface area contributed by atoms with Crippen LogP contribution in [0.1, 0.15) is 26.2 Å². The number of hydrogen-bond acceptors (Lipinski definition) is 2. The molecule has 2 atom stereocenters. The van der Waals surface area contributed by atoms with Gasteiger partial charge in [0.2, 0.25) is 0 Å². The van der Waals surface area contributed by atoms with Gasteiger partial charge in [0.05, 0.1) is 0 Å². The topological polar surface area (TPSA) is 29.3 Å². The lowest BCUT2D eigenvalue weighted by Crippen LogP contribution is -2.61. The van der Waals surface area contributed by atoms with E-state index in [1.54, 1.807) is 0 Å². The number of unbranched alkanes of at least 4 members (excludes halogenated alkanes) is 1. The smallest absolute Gasteiger partial charge is 0.0120 e. The molecule has 2 N–H and O–H groups in total. The second kappa shape index (κ2) is 3.35. The third-order valence-corrected chi connectivity index (χ3v) is 3.51. The number of hydrogen-bond donors (Lipinski definition) is 1. The molecule has 0 spiro atoms. The summed E-state index contributed by atoms with van der Waals surface area (Å²) in [5.74, 6) is 1.67. The first kappa shape index (κ1) is 8.52. The zero-order chi connectivity index (χ0) is 8.55. The molecule has 3 rings (SSSR count). The average Bonchev–Trinajstić information content (AvgIpc) is 2.14. The molecule has 3 fully saturated rings. The normalized spacial score (nSPS) is 41.0. The molecule has 0 radical (unpaired) electrons. The molecule has 70 valence electrons. The SMILES string of the molecule is CCCCN1C[C@H]2C[C@H](C1)C2N. The Morgan fingerprint density at radius 3 is 2.50 bits per heavy atom. The highest BCUT2D eigenvalue weighted by Crippen LogP contribution is 2.38. The molecule has 1 aliphatic carbocycles. The van der Waals surface area contributed by atoms with Gasteiger partial charge in [-0.1, -0.05) is 13.3 Å². The third-order valence-electron chi connectivity index (χ3n) is 3.51. The predicted octanol–water partition coefficient (Wildman–Crippen LogP) is 1.07. The molecule has 0 amide bonds. The first-order valence-corrected chi connectivity index (χ1v) is 5.29. The van der Waals surface area contributed by atoms with Crippen molar-refractivity contribution in [3.63, 3.8) is 0 Å². The Kier molecular flexibility index (Phi) is 2.37. The Morgan fingerprint density at radius 2 is 2.00 bits per heavy atom. The van der Waals surface area contributed by atoms with Crippen molar-refractivity contribution < 1.29 is 0 Å². The molecule has 2 bridgehead atoms. The molecule has 0 aromatic rings. The van der Waals surface area contributed by atoms with Crippen LogP contribution < -0.4 is 5.73 Å². The van der Waals surface area contributed by atoms with Crippen LogP contribution in [0, 0.1) is 11.8 Å². The Hall–Kier alpha value is -0.0800. The van der Waals surface area contributed by atoms with Crippen molar-refractivity contribution >= 4 is 0 Å². The number of nitrogens with zero attached hydrogens (tertiary/aromatic N) is 1. The molecular weight excluding hydrogens is 148 g/mol. The fraction of sp³-hybridized carbons (Fsp3) is 1.00. The van der Waals surface area contributed by atoms with E-state index >= 15 is 0 Å². The number of piperidine rings is 2. The van der Waals surface area contributed by atoms with Gasteiger partial charge in [0.25, 0.3) is 0 Å². The van der Waals surface area contributed by atoms with E-state index in [-0.39, 0.29) is 0 Å². The van der Waals surface area contributed by atoms with Gasteiger partial charge in [-0.25, -0.2) is 0 Å². The zero-order valence-electron chi connectivity index (χ0n) is 8.00. The highest BCUT2D eigenvalue weighted by molar-refractivity contribution is 4.99. The Labute approximate surface area is 75.1 Å². The van der Waals surface area contributed by atoms with Crippen molar-refractivity contribution in [1.29, 1.82) is 0 Å². The fourth-order valence-electron chi connectivity index (χ4n) is 2.59. The van der Waals surface area contributed by atoms with E-state index < -0.39 is 0 Å². The van der Waals surface area contributed by atoms with Crippen molar-refractivity contribution in [2.24, 2.45) is 17.6 Å². The van der Waals surface area contributed by atoms with E-state index in [2.05, 4.69) is 11.8 Å². The van der Waals surface area contributed by atoms with Gasteiger partial charge < -0.3 is 10.6 Å². The highest BCUT2D eigenvalue weighted by atomic mass is 15.2. The lowest BCUT2D eigenvalue weighted by atomic mass is 9.67. The van der Waals surface area contributed by atoms with Gasteiger partial charge in [-0.05, 0) is 31.2 Å². The summed E-state index contributed by atoms with van der Waals surface area (Å²) in [5, 5.41) is 0. The van der Waals surface area contributed by atoms with Crippen LogP contribution in [0.4, 0.5) is 0 Å². The van der Waals surface area contributed by atoms with Gasteiger partial charge in [0, 0.05) is 19.1 Å². The molecule has 3 aliphatic rings. The zero-order valence-corrected chi connectivity index (χ0v) is 8.00. The van der Waals surface area contributed by atoms with Gasteiger partial charge in [0.1, 0.15) is 0 Å². The summed E-state index contributed by atoms with van der Waals surface area (Å²) < 4.78 is 0. The minimum atomic E-state index is 0.544. The van der Waals surface area contributed by atoms with E-state index in [0.29, 0.717) is 6.04 Å². The molecule has 0 aromatic carbocycles. The summed E-state index contributed by atoms with van der Waals surface area (Å²) in [6.45, 7) is 6.11. The van der Waals surface area contributed by atoms with Crippen LogP contribution in [-0.2, 0) is 0 Å². The van der Waals surface area contributed by atoms with E-state index in [0.717, 1.165) is 11.8 Å². The molecule has 0 aromatic heterocycles. The largest absolute Gasteiger partial charge is 0.327 e. The monoisotopic (exact) mass is 168 g/mol. The fourth-order valence-corrected chi connectivity index (χ4v) is 2.59. The van der Waals surface area contributed by atoms with Crippen molar-refractivity contribution in [1.82, 2.24) is 4.90 Å². The summed E-state index contributed by atoms with van der Waals surface area (Å²) >= 11 is 0. The molecule has 2 nitrogen and oxygen atoms in total. The maximum Gasteiger partial charge on any atom is 0.0120 e. The van der Waals surface area contributed by atoms with Gasteiger partial charge >= 0.3 is 0 Å². The minimum Gasteiger partial charge on any atom is -0.327 e. The minimum absolute atomic E-state index is 0.544. The number of rotatable bonds is 3. The Morgan fingerprint density at radius 1 is 1.33 bits per heavy atom. The molecular formula is C10H20N2. The molecule has 0 unspecified atom stereocenters. The molecule has 1 saturated carbocycles. The van der Waals surface area contributed by atoms with Gasteiger partial charge in [-0.2, -0.15) is 0 Å². The lowest BCUT2D eigenvalue weighted by molar-refractivity contribution is 0.00243. The summed E-state index contributed by atoms with van der Waals surface area (Å²) in [7, 11) is 0. The molecule has 2 aliphatic heterocycles. The summed E-state index contributed by atoms with van der Waals surface area (Å²) in [4.78, 5) is 2.60. The van der Waals surface area contributed by atoms with Crippen LogP contribution in [0.2, 0.25) is 0 Å². The van der Waals surface area contributed by atoms with Crippen molar-refractivity contribution in [2.75, 3.05) is 19.6 Å². The highest BCUT2D eigenvalue weighted by Gasteiger charge is 2.43. The van der Waals surface area contributed by atoms with E-state index in [1.165, 1.54) is 38.9 Å². The number of fused-ring (bicyclic) bond motifs is 2. The van der Waals surface area contributed by atoms with Crippen LogP contribution in [0.3, 0.4) is 0 Å². The summed E-state index contributed by atoms with van der Waals surface area (Å²) in [6.07, 6.45) is 4.08. The van der Waals surface area contributed by atoms with Crippen LogP contribution in [-0.4, -0.2) is 30.6 Å². The quantitative estimate of drug-likeness (QED) is 0.683. The van der Waals surface area contributed by atoms with E-state index in [4.69, 9.17) is 5.73 Å². The second-order valence-corrected chi connectivity index (χ2v) is 4.45. The van der Waals surface area contributed by atoms with Crippen LogP contribution in [0.15, 0.2) is 0 Å². The third kappa shape index (κ3) is 1.38. The standard InChI is InChI=1S/C10H20N2/c1-2-3-4-12-6-8-5-9(7-12)10(8)11/h8-10H,2-7,11H2,1H3/t8-,9-/m1/s1. The van der Waals surface area contributed by atoms with E-state index in [9.17, 15) is 0 Å². The molecule has 2 saturated heterocycles. The first-order chi connectivity index (χ1) is 5.81. The molecule has 2 heteroatoms. The molecule has 2 heterocycles. The Bertz CT molecular complexity index is 146. The van der Waals surface area contributed by atoms with Crippen LogP contribution >= 0.6 is 0 Å². The maximum absolute atomic E-state index is 5.99. The second-order valence-electron chi connectivity index (χ2n) is 4.45. The van der Waals surface area contributed by atoms with Crippen molar-refractivity contribution in [3.8, 4) is 0 Å². The van der Waals surface area contributed by atoms with Gasteiger partial charge in [0.15, 0.2) is 0 Å². The first-order valence-electron chi connectivity index (χ1n) is 5.29. The number of nitrogens with two attached hydrogens (primary N) is 1. The lowest BCUT2D eigenvalue weighted by Gasteiger charge is -2.52. The maximum atomic E-state index is 5.99. The van der Waals surface area contributed by atoms with Gasteiger partial charge in [-0.3, -0.25) is 0 Å². The van der Waals surface area contributed by atoms with Gasteiger partial charge in [-0.15, -0.1) is 0 Å². The van der Waals surface area contributed by atoms with E-state index in [1.807, 2.05) is 0 Å². The Balaban J connectivity index is 1.75. The molecule has 12 heavy (non-hydrogen) atoms. The average molecular weight is 168 g/mol. The summed E-state index contributed by atoms with van der Waals surface area (Å²) in [6, 6.07) is 0.544. The van der Waals surface area contributed by atoms with Crippen molar-refractivity contribution in [2.45, 2.75) is 32.2 Å². The van der Waals surface area contributed by atoms with Crippen molar-refractivity contribution in [3.05, 3.63) is 0 Å². The summed E-state index contributed by atoms with van der Waals surface area (Å²) in [5.41, 5.74) is 5.99. The van der Waals surface area contributed by atoms with Crippen LogP contribution in [0.5, 0.6) is 0 Å². The predicted molar refractivity (Wildman–Crippen MR) is 50.9 cm³/mol. The van der Waals surface area contributed by atoms with Crippen LogP contribution in [0.25, 0.3) is 0 Å².